The lowest BCUT2D eigenvalue weighted by Gasteiger charge is -2.06. The van der Waals surface area contributed by atoms with Gasteiger partial charge in [0.25, 0.3) is 0 Å². The van der Waals surface area contributed by atoms with Crippen LogP contribution in [0.5, 0.6) is 5.75 Å². The second-order valence-electron chi connectivity index (χ2n) is 2.86. The smallest absolute Gasteiger partial charge is 0.301 e. The highest BCUT2D eigenvalue weighted by Gasteiger charge is 2.01. The monoisotopic (exact) mass is 267 g/mol. The molecule has 0 saturated heterocycles. The Balaban J connectivity index is 2.83. The standard InChI is InChI=1S/C11H10BrNO2/c1-8-7-9(3-4-10(8)15-2)13-11(14)5-6-12/h3-4,7H,1-2H3,(H,13,14). The van der Waals surface area contributed by atoms with Crippen molar-refractivity contribution in [2.75, 3.05) is 12.4 Å². The van der Waals surface area contributed by atoms with Crippen LogP contribution in [-0.4, -0.2) is 13.0 Å². The summed E-state index contributed by atoms with van der Waals surface area (Å²) >= 11 is 2.86. The van der Waals surface area contributed by atoms with Crippen molar-refractivity contribution in [3.63, 3.8) is 0 Å². The van der Waals surface area contributed by atoms with Crippen LogP contribution in [0, 0.1) is 17.7 Å². The second-order valence-corrected chi connectivity index (χ2v) is 3.25. The molecule has 0 aliphatic heterocycles. The summed E-state index contributed by atoms with van der Waals surface area (Å²) in [5.74, 6) is 2.77. The van der Waals surface area contributed by atoms with Gasteiger partial charge in [-0.1, -0.05) is 0 Å². The number of carbonyl (C=O) groups excluding carboxylic acids is 1. The van der Waals surface area contributed by atoms with Crippen LogP contribution in [0.3, 0.4) is 0 Å². The summed E-state index contributed by atoms with van der Waals surface area (Å²) in [6.45, 7) is 1.91. The molecule has 0 fully saturated rings. The van der Waals surface area contributed by atoms with Gasteiger partial charge in [-0.2, -0.15) is 0 Å². The fraction of sp³-hybridized carbons (Fsp3) is 0.182. The highest BCUT2D eigenvalue weighted by Crippen LogP contribution is 2.21. The van der Waals surface area contributed by atoms with Gasteiger partial charge in [0.1, 0.15) is 5.75 Å². The first kappa shape index (κ1) is 11.6. The van der Waals surface area contributed by atoms with Crippen molar-refractivity contribution < 1.29 is 9.53 Å². The molecule has 1 amide bonds. The number of rotatable bonds is 2. The first-order chi connectivity index (χ1) is 7.17. The zero-order valence-electron chi connectivity index (χ0n) is 8.43. The van der Waals surface area contributed by atoms with E-state index >= 15 is 0 Å². The van der Waals surface area contributed by atoms with E-state index in [0.29, 0.717) is 5.69 Å². The largest absolute Gasteiger partial charge is 0.496 e. The van der Waals surface area contributed by atoms with Crippen LogP contribution in [0.25, 0.3) is 0 Å². The van der Waals surface area contributed by atoms with E-state index in [1.54, 1.807) is 19.2 Å². The fourth-order valence-corrected chi connectivity index (χ4v) is 1.34. The number of benzene rings is 1. The van der Waals surface area contributed by atoms with Gasteiger partial charge in [-0.25, -0.2) is 0 Å². The summed E-state index contributed by atoms with van der Waals surface area (Å²) in [5.41, 5.74) is 1.66. The van der Waals surface area contributed by atoms with Crippen LogP contribution in [0.4, 0.5) is 5.69 Å². The molecular formula is C11H10BrNO2. The molecule has 0 heterocycles. The lowest BCUT2D eigenvalue weighted by Crippen LogP contribution is -2.08. The van der Waals surface area contributed by atoms with Gasteiger partial charge >= 0.3 is 5.91 Å². The summed E-state index contributed by atoms with van der Waals surface area (Å²) in [4.78, 5) is 13.5. The molecule has 0 saturated carbocycles. The van der Waals surface area contributed by atoms with Gasteiger partial charge in [0.05, 0.1) is 7.11 Å². The molecule has 78 valence electrons. The number of nitrogens with one attached hydrogen (secondary N) is 1. The van der Waals surface area contributed by atoms with Crippen LogP contribution >= 0.6 is 15.9 Å². The third-order valence-electron chi connectivity index (χ3n) is 1.81. The molecule has 1 aromatic carbocycles. The molecule has 0 aliphatic rings. The minimum Gasteiger partial charge on any atom is -0.496 e. The number of hydrogen-bond donors (Lipinski definition) is 1. The van der Waals surface area contributed by atoms with Gasteiger partial charge in [-0.3, -0.25) is 4.79 Å². The van der Waals surface area contributed by atoms with Gasteiger partial charge in [-0.15, -0.1) is 0 Å². The lowest BCUT2D eigenvalue weighted by atomic mass is 10.2. The number of amides is 1. The van der Waals surface area contributed by atoms with Crippen LogP contribution in [0.2, 0.25) is 0 Å². The molecule has 0 aromatic heterocycles. The molecular weight excluding hydrogens is 258 g/mol. The predicted molar refractivity (Wildman–Crippen MR) is 63.1 cm³/mol. The normalized spacial score (nSPS) is 8.73. The average molecular weight is 268 g/mol. The highest BCUT2D eigenvalue weighted by atomic mass is 79.9. The van der Waals surface area contributed by atoms with Crippen LogP contribution < -0.4 is 10.1 Å². The fourth-order valence-electron chi connectivity index (χ4n) is 1.16. The molecule has 0 spiro atoms. The summed E-state index contributed by atoms with van der Waals surface area (Å²) in [6, 6.07) is 5.39. The Labute approximate surface area is 96.9 Å². The van der Waals surface area contributed by atoms with Crippen molar-refractivity contribution in [1.82, 2.24) is 0 Å². The van der Waals surface area contributed by atoms with Gasteiger partial charge in [-0.05, 0) is 35.5 Å². The summed E-state index contributed by atoms with van der Waals surface area (Å²) in [7, 11) is 1.61. The third kappa shape index (κ3) is 3.30. The second kappa shape index (κ2) is 5.42. The molecule has 4 heteroatoms. The summed E-state index contributed by atoms with van der Waals surface area (Å²) < 4.78 is 5.10. The van der Waals surface area contributed by atoms with E-state index < -0.39 is 0 Å². The molecule has 0 unspecified atom stereocenters. The van der Waals surface area contributed by atoms with Gasteiger partial charge in [0.2, 0.25) is 0 Å². The van der Waals surface area contributed by atoms with Crippen molar-refractivity contribution in [3.8, 4) is 16.5 Å². The maximum Gasteiger partial charge on any atom is 0.301 e. The Morgan fingerprint density at radius 2 is 2.27 bits per heavy atom. The number of aryl methyl sites for hydroxylation is 1. The average Bonchev–Trinajstić information content (AvgIpc) is 2.18. The quantitative estimate of drug-likeness (QED) is 0.836. The number of ether oxygens (including phenoxy) is 1. The Bertz CT molecular complexity index is 432. The molecule has 0 aliphatic carbocycles. The Hall–Kier alpha value is -1.47. The van der Waals surface area contributed by atoms with Crippen LogP contribution in [0.15, 0.2) is 18.2 Å². The van der Waals surface area contributed by atoms with E-state index in [9.17, 15) is 4.79 Å². The van der Waals surface area contributed by atoms with E-state index in [1.807, 2.05) is 13.0 Å². The maximum absolute atomic E-state index is 11.1. The molecule has 15 heavy (non-hydrogen) atoms. The molecule has 0 bridgehead atoms. The van der Waals surface area contributed by atoms with Crippen molar-refractivity contribution in [2.24, 2.45) is 0 Å². The maximum atomic E-state index is 11.1. The van der Waals surface area contributed by atoms with Crippen LogP contribution in [0.1, 0.15) is 5.56 Å². The molecule has 3 nitrogen and oxygen atoms in total. The van der Waals surface area contributed by atoms with Crippen molar-refractivity contribution in [2.45, 2.75) is 6.92 Å². The number of carbonyl (C=O) groups is 1. The van der Waals surface area contributed by atoms with Crippen molar-refractivity contribution >= 4 is 27.5 Å². The molecule has 1 rings (SSSR count). The number of anilines is 1. The van der Waals surface area contributed by atoms with E-state index in [-0.39, 0.29) is 5.91 Å². The van der Waals surface area contributed by atoms with E-state index in [2.05, 4.69) is 32.0 Å². The number of hydrogen-bond acceptors (Lipinski definition) is 2. The first-order valence-corrected chi connectivity index (χ1v) is 5.04. The Kier molecular flexibility index (Phi) is 4.19. The van der Waals surface area contributed by atoms with Crippen LogP contribution in [-0.2, 0) is 4.79 Å². The molecule has 1 N–H and O–H groups in total. The number of methoxy groups -OCH3 is 1. The van der Waals surface area contributed by atoms with E-state index in [4.69, 9.17) is 4.74 Å². The predicted octanol–water partition coefficient (Wildman–Crippen LogP) is 2.30. The molecule has 0 atom stereocenters. The Morgan fingerprint density at radius 1 is 1.53 bits per heavy atom. The van der Waals surface area contributed by atoms with Gasteiger partial charge in [0, 0.05) is 27.5 Å². The minimum atomic E-state index is -0.351. The van der Waals surface area contributed by atoms with Gasteiger partial charge < -0.3 is 10.1 Å². The van der Waals surface area contributed by atoms with Crippen molar-refractivity contribution in [3.05, 3.63) is 23.8 Å². The van der Waals surface area contributed by atoms with E-state index in [0.717, 1.165) is 11.3 Å². The topological polar surface area (TPSA) is 38.3 Å². The number of halogens is 1. The van der Waals surface area contributed by atoms with E-state index in [1.165, 1.54) is 0 Å². The zero-order valence-corrected chi connectivity index (χ0v) is 10.0. The molecule has 1 aromatic rings. The minimum absolute atomic E-state index is 0.351. The first-order valence-electron chi connectivity index (χ1n) is 4.24. The highest BCUT2D eigenvalue weighted by molar-refractivity contribution is 9.12. The third-order valence-corrected chi connectivity index (χ3v) is 2.01. The zero-order chi connectivity index (χ0) is 11.3. The molecule has 0 radical (unpaired) electrons. The summed E-state index contributed by atoms with van der Waals surface area (Å²) in [5, 5.41) is 2.64. The Morgan fingerprint density at radius 3 is 2.80 bits per heavy atom. The lowest BCUT2D eigenvalue weighted by molar-refractivity contribution is -0.111. The SMILES string of the molecule is COc1ccc(NC(=O)C#CBr)cc1C. The van der Waals surface area contributed by atoms with Crippen molar-refractivity contribution in [1.29, 1.82) is 0 Å². The van der Waals surface area contributed by atoms with Gasteiger partial charge in [0.15, 0.2) is 0 Å². The summed E-state index contributed by atoms with van der Waals surface area (Å²) in [6.07, 6.45) is 0.